The zero-order valence-electron chi connectivity index (χ0n) is 15.2. The van der Waals surface area contributed by atoms with Gasteiger partial charge in [0.2, 0.25) is 0 Å². The van der Waals surface area contributed by atoms with Crippen molar-refractivity contribution >= 4 is 35.2 Å². The number of rotatable bonds is 7. The van der Waals surface area contributed by atoms with E-state index in [9.17, 15) is 10.1 Å². The number of hydrogen-bond donors (Lipinski definition) is 1. The third-order valence-electron chi connectivity index (χ3n) is 4.23. The number of amides is 1. The lowest BCUT2D eigenvalue weighted by atomic mass is 10.1. The van der Waals surface area contributed by atoms with E-state index in [4.69, 9.17) is 32.7 Å². The van der Waals surface area contributed by atoms with Crippen LogP contribution in [0.15, 0.2) is 42.0 Å². The number of benzene rings is 2. The predicted octanol–water partition coefficient (Wildman–Crippen LogP) is 4.77. The van der Waals surface area contributed by atoms with E-state index in [0.29, 0.717) is 32.7 Å². The maximum absolute atomic E-state index is 12.3. The molecule has 2 aromatic carbocycles. The summed E-state index contributed by atoms with van der Waals surface area (Å²) >= 11 is 12.4. The lowest BCUT2D eigenvalue weighted by Gasteiger charge is -2.15. The van der Waals surface area contributed by atoms with Crippen LogP contribution in [-0.2, 0) is 11.4 Å². The number of methoxy groups -OCH3 is 1. The number of nitrogens with zero attached hydrogens (tertiary/aromatic N) is 1. The first-order chi connectivity index (χ1) is 13.5. The van der Waals surface area contributed by atoms with Crippen LogP contribution in [0, 0.1) is 11.3 Å². The molecule has 5 nitrogen and oxygen atoms in total. The molecule has 0 atom stereocenters. The second-order valence-electron chi connectivity index (χ2n) is 6.29. The largest absolute Gasteiger partial charge is 0.493 e. The van der Waals surface area contributed by atoms with E-state index in [-0.39, 0.29) is 18.2 Å². The molecule has 0 aliphatic heterocycles. The van der Waals surface area contributed by atoms with Gasteiger partial charge >= 0.3 is 0 Å². The average molecular weight is 417 g/mol. The van der Waals surface area contributed by atoms with Gasteiger partial charge in [-0.1, -0.05) is 41.4 Å². The summed E-state index contributed by atoms with van der Waals surface area (Å²) in [5.74, 6) is 0.470. The maximum Gasteiger partial charge on any atom is 0.262 e. The van der Waals surface area contributed by atoms with E-state index in [2.05, 4.69) is 5.32 Å². The molecule has 1 N–H and O–H groups in total. The molecule has 0 radical (unpaired) electrons. The predicted molar refractivity (Wildman–Crippen MR) is 109 cm³/mol. The lowest BCUT2D eigenvalue weighted by Crippen LogP contribution is -2.26. The Morgan fingerprint density at radius 1 is 1.25 bits per heavy atom. The first-order valence-electron chi connectivity index (χ1n) is 8.68. The van der Waals surface area contributed by atoms with Gasteiger partial charge in [0.25, 0.3) is 5.91 Å². The van der Waals surface area contributed by atoms with Crippen LogP contribution in [0.3, 0.4) is 0 Å². The molecule has 0 spiro atoms. The highest BCUT2D eigenvalue weighted by Gasteiger charge is 2.25. The van der Waals surface area contributed by atoms with Gasteiger partial charge in [0.05, 0.1) is 7.11 Å². The summed E-state index contributed by atoms with van der Waals surface area (Å²) in [6, 6.07) is 12.6. The molecule has 0 aromatic heterocycles. The van der Waals surface area contributed by atoms with Gasteiger partial charge in [0.1, 0.15) is 18.2 Å². The van der Waals surface area contributed by atoms with Crippen molar-refractivity contribution in [2.24, 2.45) is 0 Å². The second-order valence-corrected chi connectivity index (χ2v) is 7.10. The molecule has 2 aromatic rings. The van der Waals surface area contributed by atoms with Crippen LogP contribution in [0.4, 0.5) is 0 Å². The van der Waals surface area contributed by atoms with Gasteiger partial charge in [-0.2, -0.15) is 5.26 Å². The molecule has 0 unspecified atom stereocenters. The fraction of sp³-hybridized carbons (Fsp3) is 0.238. The summed E-state index contributed by atoms with van der Waals surface area (Å²) in [6.07, 6.45) is 3.37. The third-order valence-corrected chi connectivity index (χ3v) is 4.94. The normalized spacial score (nSPS) is 13.6. The Bertz CT molecular complexity index is 942. The summed E-state index contributed by atoms with van der Waals surface area (Å²) < 4.78 is 11.3. The minimum absolute atomic E-state index is 0.000721. The third kappa shape index (κ3) is 4.78. The Labute approximate surface area is 173 Å². The minimum Gasteiger partial charge on any atom is -0.493 e. The smallest absolute Gasteiger partial charge is 0.262 e. The molecule has 28 heavy (non-hydrogen) atoms. The minimum atomic E-state index is -0.395. The van der Waals surface area contributed by atoms with Gasteiger partial charge in [-0.05, 0) is 37.1 Å². The van der Waals surface area contributed by atoms with E-state index < -0.39 is 5.91 Å². The van der Waals surface area contributed by atoms with Crippen LogP contribution >= 0.6 is 23.2 Å². The molecule has 1 amide bonds. The zero-order chi connectivity index (χ0) is 20.1. The first kappa shape index (κ1) is 20.1. The number of nitriles is 1. The quantitative estimate of drug-likeness (QED) is 0.521. The van der Waals surface area contributed by atoms with Crippen LogP contribution in [0.25, 0.3) is 6.08 Å². The lowest BCUT2D eigenvalue weighted by molar-refractivity contribution is -0.117. The Balaban J connectivity index is 1.90. The van der Waals surface area contributed by atoms with Crippen LogP contribution in [-0.4, -0.2) is 19.1 Å². The van der Waals surface area contributed by atoms with Crippen molar-refractivity contribution in [1.29, 1.82) is 5.26 Å². The van der Waals surface area contributed by atoms with Crippen LogP contribution in [0.5, 0.6) is 11.5 Å². The Hall–Kier alpha value is -2.68. The zero-order valence-corrected chi connectivity index (χ0v) is 16.7. The molecule has 1 aliphatic rings. The first-order valence-corrected chi connectivity index (χ1v) is 9.44. The summed E-state index contributed by atoms with van der Waals surface area (Å²) in [5, 5.41) is 13.2. The van der Waals surface area contributed by atoms with Crippen LogP contribution in [0.2, 0.25) is 10.0 Å². The maximum atomic E-state index is 12.3. The summed E-state index contributed by atoms with van der Waals surface area (Å²) in [5.41, 5.74) is 1.18. The SMILES string of the molecule is COc1cccc(/C=C(\C#N)C(=O)NC2CC2)c1OCc1c(Cl)cccc1Cl. The summed E-state index contributed by atoms with van der Waals surface area (Å²) in [4.78, 5) is 12.3. The number of ether oxygens (including phenoxy) is 2. The van der Waals surface area contributed by atoms with Gasteiger partial charge in [-0.3, -0.25) is 4.79 Å². The second kappa shape index (κ2) is 9.01. The van der Waals surface area contributed by atoms with Crippen LogP contribution < -0.4 is 14.8 Å². The molecule has 0 heterocycles. The number of carbonyl (C=O) groups is 1. The number of carbonyl (C=O) groups excluding carboxylic acids is 1. The Morgan fingerprint density at radius 3 is 2.54 bits per heavy atom. The van der Waals surface area contributed by atoms with Gasteiger partial charge < -0.3 is 14.8 Å². The Kier molecular flexibility index (Phi) is 6.45. The molecule has 144 valence electrons. The van der Waals surface area contributed by atoms with Crippen molar-refractivity contribution in [1.82, 2.24) is 5.32 Å². The topological polar surface area (TPSA) is 71.3 Å². The molecular formula is C21H18Cl2N2O3. The monoisotopic (exact) mass is 416 g/mol. The summed E-state index contributed by atoms with van der Waals surface area (Å²) in [7, 11) is 1.52. The van der Waals surface area contributed by atoms with E-state index in [1.54, 1.807) is 36.4 Å². The number of hydrogen-bond acceptors (Lipinski definition) is 4. The highest BCUT2D eigenvalue weighted by atomic mass is 35.5. The fourth-order valence-corrected chi connectivity index (χ4v) is 3.08. The van der Waals surface area contributed by atoms with Gasteiger partial charge in [-0.25, -0.2) is 0 Å². The summed E-state index contributed by atoms with van der Waals surface area (Å²) in [6.45, 7) is 0.107. The Morgan fingerprint density at radius 2 is 1.93 bits per heavy atom. The van der Waals surface area contributed by atoms with E-state index >= 15 is 0 Å². The number of halogens is 2. The van der Waals surface area contributed by atoms with Gasteiger partial charge in [0.15, 0.2) is 11.5 Å². The van der Waals surface area contributed by atoms with Crippen molar-refractivity contribution in [3.05, 3.63) is 63.1 Å². The fourth-order valence-electron chi connectivity index (χ4n) is 2.57. The van der Waals surface area contributed by atoms with Crippen molar-refractivity contribution in [3.63, 3.8) is 0 Å². The molecule has 1 aliphatic carbocycles. The molecule has 0 bridgehead atoms. The van der Waals surface area contributed by atoms with Gasteiger partial charge in [0, 0.05) is 27.2 Å². The molecule has 0 saturated heterocycles. The average Bonchev–Trinajstić information content (AvgIpc) is 3.50. The van der Waals surface area contributed by atoms with Crippen LogP contribution in [0.1, 0.15) is 24.0 Å². The molecular weight excluding hydrogens is 399 g/mol. The highest BCUT2D eigenvalue weighted by Crippen LogP contribution is 2.35. The van der Waals surface area contributed by atoms with Gasteiger partial charge in [-0.15, -0.1) is 0 Å². The van der Waals surface area contributed by atoms with E-state index in [0.717, 1.165) is 12.8 Å². The molecule has 3 rings (SSSR count). The van der Waals surface area contributed by atoms with E-state index in [1.165, 1.54) is 13.2 Å². The number of nitrogens with one attached hydrogen (secondary N) is 1. The van der Waals surface area contributed by atoms with Crippen molar-refractivity contribution in [2.45, 2.75) is 25.5 Å². The van der Waals surface area contributed by atoms with Crippen molar-refractivity contribution < 1.29 is 14.3 Å². The molecule has 1 saturated carbocycles. The molecule has 7 heteroatoms. The van der Waals surface area contributed by atoms with Crippen molar-refractivity contribution in [2.75, 3.05) is 7.11 Å². The number of para-hydroxylation sites is 1. The standard InChI is InChI=1S/C21H18Cl2N2O3/c1-27-19-7-2-4-13(10-14(11-24)21(26)25-15-8-9-15)20(19)28-12-16-17(22)5-3-6-18(16)23/h2-7,10,15H,8-9,12H2,1H3,(H,25,26)/b14-10+. The van der Waals surface area contributed by atoms with E-state index in [1.807, 2.05) is 6.07 Å². The molecule has 1 fully saturated rings. The van der Waals surface area contributed by atoms with Crippen molar-refractivity contribution in [3.8, 4) is 17.6 Å². The highest BCUT2D eigenvalue weighted by molar-refractivity contribution is 6.35.